The first-order valence-electron chi connectivity index (χ1n) is 7.99. The molecule has 0 aliphatic heterocycles. The maximum Gasteiger partial charge on any atom is 0.205 e. The second-order valence-electron chi connectivity index (χ2n) is 7.48. The fourth-order valence-corrected chi connectivity index (χ4v) is 4.14. The quantitative estimate of drug-likeness (QED) is 0.648. The highest BCUT2D eigenvalue weighted by atomic mass is 28.3. The van der Waals surface area contributed by atoms with Crippen LogP contribution in [0, 0.1) is 11.3 Å². The first kappa shape index (κ1) is 16.5. The van der Waals surface area contributed by atoms with Gasteiger partial charge in [-0.05, 0) is 55.7 Å². The minimum absolute atomic E-state index is 0.170. The minimum Gasteiger partial charge on any atom is -0.410 e. The van der Waals surface area contributed by atoms with Gasteiger partial charge in [0.15, 0.2) is 0 Å². The van der Waals surface area contributed by atoms with Gasteiger partial charge in [0, 0.05) is 11.9 Å². The SMILES string of the molecule is C[Si](C)OC(C1=CCCC(Cc2cnc[nH]2)C1)C(C)(C)C. The summed E-state index contributed by atoms with van der Waals surface area (Å²) < 4.78 is 6.35. The van der Waals surface area contributed by atoms with Crippen molar-refractivity contribution in [1.82, 2.24) is 9.97 Å². The zero-order valence-corrected chi connectivity index (χ0v) is 15.1. The molecule has 1 aliphatic carbocycles. The summed E-state index contributed by atoms with van der Waals surface area (Å²) in [6.07, 6.45) is 11.2. The van der Waals surface area contributed by atoms with Crippen LogP contribution in [0.4, 0.5) is 0 Å². The molecule has 2 atom stereocenters. The Hall–Kier alpha value is -0.873. The Balaban J connectivity index is 2.05. The number of nitrogens with one attached hydrogen (secondary N) is 1. The van der Waals surface area contributed by atoms with Gasteiger partial charge in [-0.3, -0.25) is 0 Å². The van der Waals surface area contributed by atoms with E-state index in [4.69, 9.17) is 4.43 Å². The Morgan fingerprint density at radius 1 is 1.43 bits per heavy atom. The number of hydrogen-bond acceptors (Lipinski definition) is 2. The van der Waals surface area contributed by atoms with Gasteiger partial charge < -0.3 is 9.41 Å². The standard InChI is InChI=1S/C17H29N2OSi/c1-17(2,3)16(20-21(4)5)14-8-6-7-13(9-14)10-15-11-18-12-19-15/h8,11-13,16H,6-7,9-10H2,1-5H3,(H,18,19). The Kier molecular flexibility index (Phi) is 5.44. The number of aromatic nitrogens is 2. The molecular formula is C17H29N2OSi. The van der Waals surface area contributed by atoms with Crippen LogP contribution in [0.3, 0.4) is 0 Å². The molecule has 0 fully saturated rings. The van der Waals surface area contributed by atoms with Gasteiger partial charge in [0.2, 0.25) is 9.04 Å². The summed E-state index contributed by atoms with van der Waals surface area (Å²) in [5.41, 5.74) is 2.94. The van der Waals surface area contributed by atoms with E-state index in [9.17, 15) is 0 Å². The van der Waals surface area contributed by atoms with Gasteiger partial charge in [0.05, 0.1) is 12.4 Å². The third-order valence-electron chi connectivity index (χ3n) is 4.05. The fourth-order valence-electron chi connectivity index (χ4n) is 3.16. The van der Waals surface area contributed by atoms with Crippen molar-refractivity contribution in [3.8, 4) is 0 Å². The molecule has 0 aromatic carbocycles. The molecule has 0 amide bonds. The van der Waals surface area contributed by atoms with Crippen LogP contribution in [-0.2, 0) is 10.8 Å². The molecule has 1 aliphatic rings. The van der Waals surface area contributed by atoms with E-state index in [0.717, 1.165) is 12.8 Å². The lowest BCUT2D eigenvalue weighted by atomic mass is 9.77. The van der Waals surface area contributed by atoms with Gasteiger partial charge in [-0.1, -0.05) is 26.8 Å². The second-order valence-corrected chi connectivity index (χ2v) is 9.53. The van der Waals surface area contributed by atoms with Crippen LogP contribution in [0.5, 0.6) is 0 Å². The summed E-state index contributed by atoms with van der Waals surface area (Å²) in [6, 6.07) is 0. The van der Waals surface area contributed by atoms with E-state index in [1.165, 1.54) is 24.1 Å². The van der Waals surface area contributed by atoms with Gasteiger partial charge in [-0.2, -0.15) is 0 Å². The number of rotatable bonds is 5. The lowest BCUT2D eigenvalue weighted by Gasteiger charge is -2.37. The monoisotopic (exact) mass is 305 g/mol. The summed E-state index contributed by atoms with van der Waals surface area (Å²) in [5.74, 6) is 0.711. The average Bonchev–Trinajstić information content (AvgIpc) is 2.87. The Bertz CT molecular complexity index is 460. The number of hydrogen-bond donors (Lipinski definition) is 1. The number of H-pyrrole nitrogens is 1. The largest absolute Gasteiger partial charge is 0.410 e. The van der Waals surface area contributed by atoms with Crippen LogP contribution in [0.1, 0.15) is 45.7 Å². The molecule has 1 N–H and O–H groups in total. The lowest BCUT2D eigenvalue weighted by molar-refractivity contribution is 0.110. The van der Waals surface area contributed by atoms with Gasteiger partial charge in [0.1, 0.15) is 0 Å². The van der Waals surface area contributed by atoms with Gasteiger partial charge in [-0.15, -0.1) is 0 Å². The summed E-state index contributed by atoms with van der Waals surface area (Å²) in [4.78, 5) is 7.36. The molecule has 1 heterocycles. The zero-order chi connectivity index (χ0) is 15.5. The Labute approximate surface area is 130 Å². The highest BCUT2D eigenvalue weighted by Gasteiger charge is 2.32. The van der Waals surface area contributed by atoms with E-state index in [-0.39, 0.29) is 11.5 Å². The van der Waals surface area contributed by atoms with Crippen LogP contribution < -0.4 is 0 Å². The van der Waals surface area contributed by atoms with Crippen molar-refractivity contribution in [3.05, 3.63) is 29.9 Å². The first-order chi connectivity index (χ1) is 9.86. The molecule has 2 unspecified atom stereocenters. The van der Waals surface area contributed by atoms with E-state index < -0.39 is 9.04 Å². The van der Waals surface area contributed by atoms with Crippen LogP contribution in [0.25, 0.3) is 0 Å². The van der Waals surface area contributed by atoms with Crippen molar-refractivity contribution in [2.75, 3.05) is 0 Å². The lowest BCUT2D eigenvalue weighted by Crippen LogP contribution is -2.36. The third-order valence-corrected chi connectivity index (χ3v) is 4.75. The molecule has 4 heteroatoms. The van der Waals surface area contributed by atoms with Crippen molar-refractivity contribution in [2.45, 2.75) is 65.7 Å². The van der Waals surface area contributed by atoms with Crippen molar-refractivity contribution >= 4 is 9.04 Å². The molecule has 1 aromatic rings. The van der Waals surface area contributed by atoms with Gasteiger partial charge in [-0.25, -0.2) is 4.98 Å². The zero-order valence-electron chi connectivity index (χ0n) is 14.1. The topological polar surface area (TPSA) is 37.9 Å². The fraction of sp³-hybridized carbons (Fsp3) is 0.706. The van der Waals surface area contributed by atoms with Crippen molar-refractivity contribution in [3.63, 3.8) is 0 Å². The first-order valence-corrected chi connectivity index (χ1v) is 10.4. The Morgan fingerprint density at radius 2 is 2.19 bits per heavy atom. The van der Waals surface area contributed by atoms with E-state index in [1.807, 2.05) is 6.20 Å². The molecule has 0 bridgehead atoms. The maximum atomic E-state index is 6.35. The predicted molar refractivity (Wildman–Crippen MR) is 89.5 cm³/mol. The van der Waals surface area contributed by atoms with E-state index >= 15 is 0 Å². The van der Waals surface area contributed by atoms with E-state index in [2.05, 4.69) is 49.9 Å². The number of aromatic amines is 1. The Morgan fingerprint density at radius 3 is 2.76 bits per heavy atom. The summed E-state index contributed by atoms with van der Waals surface area (Å²) in [6.45, 7) is 11.3. The maximum absolute atomic E-state index is 6.35. The van der Waals surface area contributed by atoms with Gasteiger partial charge >= 0.3 is 0 Å². The molecule has 0 saturated carbocycles. The second kappa shape index (κ2) is 6.92. The van der Waals surface area contributed by atoms with Crippen LogP contribution in [0.15, 0.2) is 24.2 Å². The highest BCUT2D eigenvalue weighted by Crippen LogP contribution is 2.36. The molecule has 1 aromatic heterocycles. The highest BCUT2D eigenvalue weighted by molar-refractivity contribution is 6.48. The summed E-state index contributed by atoms with van der Waals surface area (Å²) in [7, 11) is -0.688. The third kappa shape index (κ3) is 4.82. The molecule has 117 valence electrons. The van der Waals surface area contributed by atoms with Crippen LogP contribution in [0.2, 0.25) is 13.1 Å². The number of imidazole rings is 1. The molecule has 0 saturated heterocycles. The molecule has 1 radical (unpaired) electrons. The number of nitrogens with zero attached hydrogens (tertiary/aromatic N) is 1. The van der Waals surface area contributed by atoms with Crippen molar-refractivity contribution in [1.29, 1.82) is 0 Å². The van der Waals surface area contributed by atoms with E-state index in [0.29, 0.717) is 5.92 Å². The summed E-state index contributed by atoms with van der Waals surface area (Å²) >= 11 is 0. The molecule has 3 nitrogen and oxygen atoms in total. The molecule has 21 heavy (non-hydrogen) atoms. The molecular weight excluding hydrogens is 276 g/mol. The van der Waals surface area contributed by atoms with Crippen molar-refractivity contribution in [2.24, 2.45) is 11.3 Å². The predicted octanol–water partition coefficient (Wildman–Crippen LogP) is 4.36. The van der Waals surface area contributed by atoms with Gasteiger partial charge in [0.25, 0.3) is 0 Å². The molecule has 0 spiro atoms. The molecule has 2 rings (SSSR count). The van der Waals surface area contributed by atoms with Crippen LogP contribution in [-0.4, -0.2) is 25.1 Å². The van der Waals surface area contributed by atoms with Crippen molar-refractivity contribution < 1.29 is 4.43 Å². The summed E-state index contributed by atoms with van der Waals surface area (Å²) in [5, 5.41) is 0. The minimum atomic E-state index is -0.688. The number of allylic oxidation sites excluding steroid dienone is 1. The normalized spacial score (nSPS) is 21.4. The van der Waals surface area contributed by atoms with Crippen LogP contribution >= 0.6 is 0 Å². The van der Waals surface area contributed by atoms with E-state index in [1.54, 1.807) is 6.33 Å². The average molecular weight is 306 g/mol. The smallest absolute Gasteiger partial charge is 0.205 e.